The first-order valence-electron chi connectivity index (χ1n) is 8.48. The van der Waals surface area contributed by atoms with E-state index in [1.165, 1.54) is 11.1 Å². The van der Waals surface area contributed by atoms with Gasteiger partial charge in [0, 0.05) is 5.92 Å². The minimum atomic E-state index is -0.678. The first kappa shape index (κ1) is 19.9. The summed E-state index contributed by atoms with van der Waals surface area (Å²) in [6, 6.07) is 0. The van der Waals surface area contributed by atoms with Crippen LogP contribution >= 0.6 is 0 Å². The zero-order valence-electron chi connectivity index (χ0n) is 14.8. The Balaban J connectivity index is 3.02. The molecule has 1 aliphatic rings. The quantitative estimate of drug-likeness (QED) is 0.680. The van der Waals surface area contributed by atoms with Crippen LogP contribution in [0.5, 0.6) is 0 Å². The third-order valence-electron chi connectivity index (χ3n) is 4.48. The fraction of sp³-hybridized carbons (Fsp3) is 0.600. The van der Waals surface area contributed by atoms with Gasteiger partial charge in [0.25, 0.3) is 0 Å². The summed E-state index contributed by atoms with van der Waals surface area (Å²) in [5, 5.41) is 30.0. The van der Waals surface area contributed by atoms with Crippen LogP contribution in [0.4, 0.5) is 0 Å². The summed E-state index contributed by atoms with van der Waals surface area (Å²) in [5.41, 5.74) is 4.10. The summed E-state index contributed by atoms with van der Waals surface area (Å²) >= 11 is 0. The highest BCUT2D eigenvalue weighted by Crippen LogP contribution is 2.25. The number of aliphatic hydroxyl groups excluding tert-OH is 3. The SMILES string of the molecule is C=C(CO)[C@H]1CC/C(C)=C/CC/C(C)=C/[C@@H](O)C/C(C)=C/[C@@H]1O. The lowest BCUT2D eigenvalue weighted by Gasteiger charge is -2.23. The lowest BCUT2D eigenvalue weighted by atomic mass is 9.87. The van der Waals surface area contributed by atoms with E-state index in [0.717, 1.165) is 31.3 Å². The average Bonchev–Trinajstić information content (AvgIpc) is 2.45. The van der Waals surface area contributed by atoms with Gasteiger partial charge < -0.3 is 15.3 Å². The van der Waals surface area contributed by atoms with E-state index in [2.05, 4.69) is 19.6 Å². The molecule has 23 heavy (non-hydrogen) atoms. The van der Waals surface area contributed by atoms with Gasteiger partial charge in [-0.25, -0.2) is 0 Å². The van der Waals surface area contributed by atoms with Crippen molar-refractivity contribution in [3.63, 3.8) is 0 Å². The Kier molecular flexibility index (Phi) is 8.53. The first-order chi connectivity index (χ1) is 10.8. The monoisotopic (exact) mass is 320 g/mol. The number of hydrogen-bond acceptors (Lipinski definition) is 3. The molecule has 0 fully saturated rings. The molecular weight excluding hydrogens is 288 g/mol. The smallest absolute Gasteiger partial charge is 0.0789 e. The Morgan fingerprint density at radius 1 is 1.09 bits per heavy atom. The molecule has 0 amide bonds. The highest BCUT2D eigenvalue weighted by Gasteiger charge is 2.20. The topological polar surface area (TPSA) is 60.7 Å². The molecule has 0 spiro atoms. The van der Waals surface area contributed by atoms with E-state index in [-0.39, 0.29) is 12.5 Å². The fourth-order valence-corrected chi connectivity index (χ4v) is 3.04. The van der Waals surface area contributed by atoms with E-state index in [9.17, 15) is 15.3 Å². The zero-order valence-corrected chi connectivity index (χ0v) is 14.8. The van der Waals surface area contributed by atoms with Gasteiger partial charge in [-0.15, -0.1) is 0 Å². The minimum absolute atomic E-state index is 0.109. The molecule has 0 saturated heterocycles. The van der Waals surface area contributed by atoms with Crippen LogP contribution in [0, 0.1) is 5.92 Å². The molecule has 0 aromatic rings. The molecule has 0 radical (unpaired) electrons. The summed E-state index contributed by atoms with van der Waals surface area (Å²) in [6.07, 6.45) is 8.81. The van der Waals surface area contributed by atoms with E-state index in [0.29, 0.717) is 12.0 Å². The Hall–Kier alpha value is -1.16. The maximum absolute atomic E-state index is 10.5. The molecular formula is C20H32O3. The molecule has 3 heteroatoms. The molecule has 0 aromatic heterocycles. The lowest BCUT2D eigenvalue weighted by Crippen LogP contribution is -2.22. The second-order valence-corrected chi connectivity index (χ2v) is 6.84. The number of rotatable bonds is 2. The molecule has 1 aliphatic carbocycles. The standard InChI is InChI=1S/C20H32O3/c1-14-6-5-7-15(2)10-18(22)11-16(3)12-20(23)19(9-8-14)17(4)13-21/h6,10,12,18-23H,4-5,7-9,11,13H2,1-3H3/b14-6+,15-10+,16-12+/t18-,19-,20+/m1/s1. The number of hydrogen-bond donors (Lipinski definition) is 3. The molecule has 0 unspecified atom stereocenters. The van der Waals surface area contributed by atoms with Crippen molar-refractivity contribution in [1.29, 1.82) is 0 Å². The Labute approximate surface area is 140 Å². The van der Waals surface area contributed by atoms with Gasteiger partial charge in [-0.05, 0) is 58.4 Å². The number of allylic oxidation sites excluding steroid dienone is 3. The third kappa shape index (κ3) is 7.30. The molecule has 0 aromatic carbocycles. The van der Waals surface area contributed by atoms with Gasteiger partial charge in [-0.3, -0.25) is 0 Å². The summed E-state index contributed by atoms with van der Waals surface area (Å²) in [6.45, 7) is 9.87. The van der Waals surface area contributed by atoms with E-state index in [4.69, 9.17) is 0 Å². The third-order valence-corrected chi connectivity index (χ3v) is 4.48. The Morgan fingerprint density at radius 2 is 1.78 bits per heavy atom. The van der Waals surface area contributed by atoms with Gasteiger partial charge in [0.1, 0.15) is 0 Å². The maximum Gasteiger partial charge on any atom is 0.0789 e. The van der Waals surface area contributed by atoms with Gasteiger partial charge >= 0.3 is 0 Å². The highest BCUT2D eigenvalue weighted by molar-refractivity contribution is 5.15. The number of aliphatic hydroxyl groups is 3. The van der Waals surface area contributed by atoms with Gasteiger partial charge in [0.2, 0.25) is 0 Å². The predicted molar refractivity (Wildman–Crippen MR) is 96.1 cm³/mol. The van der Waals surface area contributed by atoms with Crippen LogP contribution < -0.4 is 0 Å². The summed E-state index contributed by atoms with van der Waals surface area (Å²) in [4.78, 5) is 0. The van der Waals surface area contributed by atoms with Crippen LogP contribution in [0.3, 0.4) is 0 Å². The van der Waals surface area contributed by atoms with Crippen LogP contribution in [0.15, 0.2) is 47.1 Å². The van der Waals surface area contributed by atoms with Crippen molar-refractivity contribution in [3.8, 4) is 0 Å². The van der Waals surface area contributed by atoms with Crippen molar-refractivity contribution in [1.82, 2.24) is 0 Å². The van der Waals surface area contributed by atoms with E-state index in [1.54, 1.807) is 6.08 Å². The van der Waals surface area contributed by atoms with Gasteiger partial charge in [0.15, 0.2) is 0 Å². The van der Waals surface area contributed by atoms with Crippen molar-refractivity contribution >= 4 is 0 Å². The first-order valence-corrected chi connectivity index (χ1v) is 8.48. The van der Waals surface area contributed by atoms with Crippen molar-refractivity contribution in [2.75, 3.05) is 6.61 Å². The molecule has 0 saturated carbocycles. The van der Waals surface area contributed by atoms with Crippen molar-refractivity contribution in [2.24, 2.45) is 5.92 Å². The molecule has 3 N–H and O–H groups in total. The van der Waals surface area contributed by atoms with Crippen LogP contribution in [0.2, 0.25) is 0 Å². The molecule has 3 atom stereocenters. The molecule has 0 bridgehead atoms. The second-order valence-electron chi connectivity index (χ2n) is 6.84. The van der Waals surface area contributed by atoms with E-state index in [1.807, 2.05) is 19.9 Å². The maximum atomic E-state index is 10.5. The van der Waals surface area contributed by atoms with Crippen LogP contribution in [0.25, 0.3) is 0 Å². The van der Waals surface area contributed by atoms with Gasteiger partial charge in [0.05, 0.1) is 18.8 Å². The summed E-state index contributed by atoms with van der Waals surface area (Å²) < 4.78 is 0. The molecule has 1 rings (SSSR count). The molecule has 0 aliphatic heterocycles. The van der Waals surface area contributed by atoms with Crippen molar-refractivity contribution in [2.45, 2.75) is 65.1 Å². The van der Waals surface area contributed by atoms with Crippen molar-refractivity contribution in [3.05, 3.63) is 47.1 Å². The Bertz CT molecular complexity index is 485. The predicted octanol–water partition coefficient (Wildman–Crippen LogP) is 3.68. The van der Waals surface area contributed by atoms with Crippen LogP contribution in [-0.4, -0.2) is 34.1 Å². The molecule has 0 heterocycles. The second kappa shape index (κ2) is 9.86. The fourth-order valence-electron chi connectivity index (χ4n) is 3.04. The van der Waals surface area contributed by atoms with Gasteiger partial charge in [-0.2, -0.15) is 0 Å². The highest BCUT2D eigenvalue weighted by atomic mass is 16.3. The van der Waals surface area contributed by atoms with Crippen LogP contribution in [0.1, 0.15) is 52.9 Å². The molecule has 130 valence electrons. The van der Waals surface area contributed by atoms with E-state index < -0.39 is 12.2 Å². The minimum Gasteiger partial charge on any atom is -0.392 e. The average molecular weight is 320 g/mol. The van der Waals surface area contributed by atoms with E-state index >= 15 is 0 Å². The summed E-state index contributed by atoms with van der Waals surface area (Å²) in [7, 11) is 0. The van der Waals surface area contributed by atoms with Crippen molar-refractivity contribution < 1.29 is 15.3 Å². The van der Waals surface area contributed by atoms with Crippen LogP contribution in [-0.2, 0) is 0 Å². The molecule has 3 nitrogen and oxygen atoms in total. The normalized spacial score (nSPS) is 35.0. The Morgan fingerprint density at radius 3 is 2.43 bits per heavy atom. The lowest BCUT2D eigenvalue weighted by molar-refractivity contribution is 0.154. The summed E-state index contributed by atoms with van der Waals surface area (Å²) in [5.74, 6) is -0.157. The largest absolute Gasteiger partial charge is 0.392 e. The zero-order chi connectivity index (χ0) is 17.4. The van der Waals surface area contributed by atoms with Gasteiger partial charge in [-0.1, -0.05) is 41.5 Å².